The van der Waals surface area contributed by atoms with E-state index in [0.29, 0.717) is 29.3 Å². The summed E-state index contributed by atoms with van der Waals surface area (Å²) in [6.45, 7) is 0. The molecule has 1 aliphatic rings. The van der Waals surface area contributed by atoms with Gasteiger partial charge in [0.15, 0.2) is 5.78 Å². The van der Waals surface area contributed by atoms with Gasteiger partial charge in [-0.3, -0.25) is 9.59 Å². The third-order valence-corrected chi connectivity index (χ3v) is 5.56. The minimum atomic E-state index is -0.353. The first-order chi connectivity index (χ1) is 13.6. The number of methoxy groups -OCH3 is 2. The van der Waals surface area contributed by atoms with Crippen molar-refractivity contribution in [1.82, 2.24) is 19.6 Å². The lowest BCUT2D eigenvalue weighted by atomic mass is 9.82. The van der Waals surface area contributed by atoms with E-state index in [9.17, 15) is 9.59 Å². The van der Waals surface area contributed by atoms with E-state index in [1.54, 1.807) is 17.8 Å². The summed E-state index contributed by atoms with van der Waals surface area (Å²) >= 11 is 1.18. The molecule has 144 valence electrons. The van der Waals surface area contributed by atoms with Crippen molar-refractivity contribution in [2.75, 3.05) is 20.0 Å². The van der Waals surface area contributed by atoms with Crippen molar-refractivity contribution in [1.29, 1.82) is 0 Å². The zero-order chi connectivity index (χ0) is 19.7. The van der Waals surface area contributed by atoms with E-state index in [0.717, 1.165) is 17.0 Å². The highest BCUT2D eigenvalue weighted by Gasteiger charge is 2.29. The van der Waals surface area contributed by atoms with Crippen molar-refractivity contribution < 1.29 is 19.1 Å². The molecule has 4 rings (SSSR count). The number of benzene rings is 1. The minimum Gasteiger partial charge on any atom is -0.497 e. The van der Waals surface area contributed by atoms with E-state index in [4.69, 9.17) is 4.74 Å². The van der Waals surface area contributed by atoms with E-state index >= 15 is 0 Å². The molecule has 1 aromatic carbocycles. The molecule has 0 saturated heterocycles. The molecule has 1 atom stereocenters. The maximum Gasteiger partial charge on any atom is 0.316 e. The first-order valence-electron chi connectivity index (χ1n) is 8.70. The number of Topliss-reactive ketones (excluding diaryl/α,β-unsaturated/α-hetero) is 1. The zero-order valence-corrected chi connectivity index (χ0v) is 16.2. The predicted molar refractivity (Wildman–Crippen MR) is 102 cm³/mol. The average molecular weight is 398 g/mol. The summed E-state index contributed by atoms with van der Waals surface area (Å²) in [6.07, 6.45) is 2.64. The monoisotopic (exact) mass is 398 g/mol. The Balaban J connectivity index is 1.66. The molecule has 3 aromatic rings. The molecule has 0 spiro atoms. The molecule has 0 amide bonds. The van der Waals surface area contributed by atoms with Crippen LogP contribution in [-0.4, -0.2) is 51.3 Å². The minimum absolute atomic E-state index is 0.0377. The van der Waals surface area contributed by atoms with Crippen LogP contribution in [0.25, 0.3) is 5.78 Å². The van der Waals surface area contributed by atoms with Gasteiger partial charge >= 0.3 is 5.97 Å². The highest BCUT2D eigenvalue weighted by atomic mass is 32.2. The van der Waals surface area contributed by atoms with Crippen molar-refractivity contribution in [2.45, 2.75) is 23.9 Å². The van der Waals surface area contributed by atoms with E-state index in [1.807, 2.05) is 24.3 Å². The summed E-state index contributed by atoms with van der Waals surface area (Å²) < 4.78 is 11.5. The number of aromatic nitrogens is 4. The quantitative estimate of drug-likeness (QED) is 0.477. The number of thioether (sulfide) groups is 1. The topological polar surface area (TPSA) is 95.7 Å². The van der Waals surface area contributed by atoms with Crippen LogP contribution in [0.4, 0.5) is 0 Å². The Kier molecular flexibility index (Phi) is 4.99. The van der Waals surface area contributed by atoms with E-state index < -0.39 is 0 Å². The molecule has 9 heteroatoms. The fraction of sp³-hybridized carbons (Fsp3) is 0.316. The van der Waals surface area contributed by atoms with Crippen LogP contribution in [0.15, 0.2) is 35.6 Å². The molecular weight excluding hydrogens is 380 g/mol. The largest absolute Gasteiger partial charge is 0.497 e. The van der Waals surface area contributed by atoms with Gasteiger partial charge in [0.1, 0.15) is 5.75 Å². The summed E-state index contributed by atoms with van der Waals surface area (Å²) in [5.74, 6) is 1.04. The van der Waals surface area contributed by atoms with Crippen LogP contribution in [0.3, 0.4) is 0 Å². The van der Waals surface area contributed by atoms with Gasteiger partial charge in [-0.2, -0.15) is 9.50 Å². The third kappa shape index (κ3) is 3.45. The van der Waals surface area contributed by atoms with Crippen LogP contribution in [0.2, 0.25) is 0 Å². The summed E-state index contributed by atoms with van der Waals surface area (Å²) in [5.41, 5.74) is 2.44. The number of carbonyl (C=O) groups excluding carboxylic acids is 2. The third-order valence-electron chi connectivity index (χ3n) is 4.75. The number of rotatable bonds is 5. The first kappa shape index (κ1) is 18.4. The number of fused-ring (bicyclic) bond motifs is 3. The summed E-state index contributed by atoms with van der Waals surface area (Å²) in [7, 11) is 2.96. The molecule has 0 bridgehead atoms. The molecule has 1 unspecified atom stereocenters. The lowest BCUT2D eigenvalue weighted by molar-refractivity contribution is -0.137. The average Bonchev–Trinajstić information content (AvgIpc) is 3.15. The van der Waals surface area contributed by atoms with Gasteiger partial charge in [0, 0.05) is 12.6 Å². The molecule has 0 aliphatic heterocycles. The van der Waals surface area contributed by atoms with Gasteiger partial charge in [-0.05, 0) is 30.0 Å². The Morgan fingerprint density at radius 3 is 2.75 bits per heavy atom. The van der Waals surface area contributed by atoms with Crippen LogP contribution < -0.4 is 4.74 Å². The number of hydrogen-bond acceptors (Lipinski definition) is 8. The number of hydrogen-bond donors (Lipinski definition) is 0. The fourth-order valence-electron chi connectivity index (χ4n) is 3.29. The van der Waals surface area contributed by atoms with E-state index in [1.165, 1.54) is 18.9 Å². The van der Waals surface area contributed by atoms with Gasteiger partial charge in [0.2, 0.25) is 5.16 Å². The molecular formula is C19H18N4O4S. The summed E-state index contributed by atoms with van der Waals surface area (Å²) in [6, 6.07) is 7.77. The first-order valence-corrected chi connectivity index (χ1v) is 9.69. The number of ketones is 1. The molecule has 0 saturated carbocycles. The van der Waals surface area contributed by atoms with Crippen molar-refractivity contribution in [3.8, 4) is 5.75 Å². The second-order valence-corrected chi connectivity index (χ2v) is 7.33. The Morgan fingerprint density at radius 2 is 2.04 bits per heavy atom. The molecule has 0 N–H and O–H groups in total. The Bertz CT molecular complexity index is 1050. The molecule has 2 heterocycles. The van der Waals surface area contributed by atoms with Crippen molar-refractivity contribution in [3.63, 3.8) is 0 Å². The molecule has 0 radical (unpaired) electrons. The Morgan fingerprint density at radius 1 is 1.25 bits per heavy atom. The van der Waals surface area contributed by atoms with E-state index in [-0.39, 0.29) is 23.4 Å². The summed E-state index contributed by atoms with van der Waals surface area (Å²) in [4.78, 5) is 32.6. The molecule has 8 nitrogen and oxygen atoms in total. The van der Waals surface area contributed by atoms with Gasteiger partial charge in [0.25, 0.3) is 5.78 Å². The van der Waals surface area contributed by atoms with Crippen LogP contribution in [-0.2, 0) is 16.0 Å². The van der Waals surface area contributed by atoms with Crippen LogP contribution in [0.5, 0.6) is 5.75 Å². The Labute approximate surface area is 165 Å². The van der Waals surface area contributed by atoms with Gasteiger partial charge in [0.05, 0.1) is 31.2 Å². The fourth-order valence-corrected chi connectivity index (χ4v) is 3.94. The van der Waals surface area contributed by atoms with Crippen molar-refractivity contribution in [3.05, 3.63) is 47.3 Å². The van der Waals surface area contributed by atoms with Crippen LogP contribution in [0.1, 0.15) is 34.0 Å². The smallest absolute Gasteiger partial charge is 0.316 e. The number of carbonyl (C=O) groups is 2. The van der Waals surface area contributed by atoms with Crippen molar-refractivity contribution >= 4 is 29.3 Å². The second-order valence-electron chi connectivity index (χ2n) is 6.39. The zero-order valence-electron chi connectivity index (χ0n) is 15.4. The van der Waals surface area contributed by atoms with Crippen molar-refractivity contribution in [2.24, 2.45) is 0 Å². The number of nitrogens with zero attached hydrogens (tertiary/aromatic N) is 4. The lowest BCUT2D eigenvalue weighted by Crippen LogP contribution is -2.22. The summed E-state index contributed by atoms with van der Waals surface area (Å²) in [5, 5.41) is 4.87. The van der Waals surface area contributed by atoms with Gasteiger partial charge in [-0.25, -0.2) is 4.98 Å². The molecule has 2 aromatic heterocycles. The highest BCUT2D eigenvalue weighted by Crippen LogP contribution is 2.33. The molecule has 0 fully saturated rings. The van der Waals surface area contributed by atoms with Crippen LogP contribution in [0, 0.1) is 0 Å². The predicted octanol–water partition coefficient (Wildman–Crippen LogP) is 2.31. The normalized spacial score (nSPS) is 16.1. The SMILES string of the molecule is COC(=O)CSc1nc2ncc3c(n2n1)CC(c1ccc(OC)cc1)CC3=O. The molecule has 28 heavy (non-hydrogen) atoms. The van der Waals surface area contributed by atoms with Crippen LogP contribution >= 0.6 is 11.8 Å². The van der Waals surface area contributed by atoms with Gasteiger partial charge in [-0.1, -0.05) is 23.9 Å². The highest BCUT2D eigenvalue weighted by molar-refractivity contribution is 7.99. The number of ether oxygens (including phenoxy) is 2. The van der Waals surface area contributed by atoms with Gasteiger partial charge in [-0.15, -0.1) is 5.10 Å². The maximum atomic E-state index is 12.7. The maximum absolute atomic E-state index is 12.7. The standard InChI is InChI=1S/C19H18N4O4S/c1-26-13-5-3-11(4-6-13)12-7-15-14(16(24)8-12)9-20-18-21-19(22-23(15)18)28-10-17(25)27-2/h3-6,9,12H,7-8,10H2,1-2H3. The number of esters is 1. The van der Waals surface area contributed by atoms with Gasteiger partial charge < -0.3 is 9.47 Å². The Hall–Kier alpha value is -2.94. The second kappa shape index (κ2) is 7.59. The van der Waals surface area contributed by atoms with E-state index in [2.05, 4.69) is 19.8 Å². The molecule has 1 aliphatic carbocycles. The lowest BCUT2D eigenvalue weighted by Gasteiger charge is -2.24.